The second-order valence-corrected chi connectivity index (χ2v) is 7.55. The number of methoxy groups -OCH3 is 2. The van der Waals surface area contributed by atoms with E-state index in [0.29, 0.717) is 18.1 Å². The smallest absolute Gasteiger partial charge is 0.236 e. The van der Waals surface area contributed by atoms with Crippen LogP contribution in [0.2, 0.25) is 5.02 Å². The number of hydrogen-bond donors (Lipinski definition) is 0. The van der Waals surface area contributed by atoms with E-state index in [9.17, 15) is 4.79 Å². The van der Waals surface area contributed by atoms with Crippen LogP contribution in [0.25, 0.3) is 0 Å². The summed E-state index contributed by atoms with van der Waals surface area (Å²) < 4.78 is 10.9. The minimum atomic E-state index is 0.0914. The first-order chi connectivity index (χ1) is 13.5. The molecular weight excluding hydrogens is 376 g/mol. The number of hydrogen-bond acceptors (Lipinski definition) is 4. The third kappa shape index (κ3) is 4.78. The van der Waals surface area contributed by atoms with Crippen LogP contribution in [0.3, 0.4) is 0 Å². The van der Waals surface area contributed by atoms with Crippen molar-refractivity contribution in [3.63, 3.8) is 0 Å². The zero-order chi connectivity index (χ0) is 20.1. The molecule has 2 aromatic rings. The maximum atomic E-state index is 12.8. The molecule has 0 N–H and O–H groups in total. The van der Waals surface area contributed by atoms with Crippen molar-refractivity contribution >= 4 is 17.5 Å². The molecule has 0 bridgehead atoms. The van der Waals surface area contributed by atoms with Crippen molar-refractivity contribution in [1.82, 2.24) is 9.80 Å². The number of amides is 1. The summed E-state index contributed by atoms with van der Waals surface area (Å²) in [6.45, 7) is 1.81. The Balaban J connectivity index is 1.70. The molecule has 3 rings (SSSR count). The summed E-state index contributed by atoms with van der Waals surface area (Å²) in [5.74, 6) is 1.72. The van der Waals surface area contributed by atoms with E-state index >= 15 is 0 Å². The number of likely N-dealkylation sites (tertiary alicyclic amines) is 1. The zero-order valence-electron chi connectivity index (χ0n) is 16.7. The van der Waals surface area contributed by atoms with Crippen LogP contribution in [-0.4, -0.2) is 50.1 Å². The molecule has 0 aliphatic carbocycles. The van der Waals surface area contributed by atoms with Gasteiger partial charge in [0.25, 0.3) is 0 Å². The van der Waals surface area contributed by atoms with Crippen molar-refractivity contribution in [1.29, 1.82) is 0 Å². The monoisotopic (exact) mass is 402 g/mol. The van der Waals surface area contributed by atoms with E-state index in [-0.39, 0.29) is 11.9 Å². The predicted molar refractivity (Wildman–Crippen MR) is 111 cm³/mol. The average Bonchev–Trinajstić information content (AvgIpc) is 3.15. The second-order valence-electron chi connectivity index (χ2n) is 7.12. The zero-order valence-corrected chi connectivity index (χ0v) is 17.4. The molecule has 1 amide bonds. The minimum absolute atomic E-state index is 0.0914. The molecule has 6 heteroatoms. The molecule has 2 aromatic carbocycles. The van der Waals surface area contributed by atoms with Gasteiger partial charge in [0.2, 0.25) is 5.91 Å². The molecule has 0 spiro atoms. The highest BCUT2D eigenvalue weighted by Gasteiger charge is 2.30. The molecule has 0 aromatic heterocycles. The highest BCUT2D eigenvalue weighted by molar-refractivity contribution is 6.30. The second kappa shape index (κ2) is 9.30. The Morgan fingerprint density at radius 1 is 1.21 bits per heavy atom. The van der Waals surface area contributed by atoms with E-state index in [1.165, 1.54) is 0 Å². The minimum Gasteiger partial charge on any atom is -0.497 e. The number of carbonyl (C=O) groups is 1. The summed E-state index contributed by atoms with van der Waals surface area (Å²) in [6, 6.07) is 13.6. The van der Waals surface area contributed by atoms with E-state index in [1.54, 1.807) is 19.1 Å². The maximum Gasteiger partial charge on any atom is 0.236 e. The summed E-state index contributed by atoms with van der Waals surface area (Å²) in [4.78, 5) is 16.8. The first-order valence-electron chi connectivity index (χ1n) is 9.46. The summed E-state index contributed by atoms with van der Waals surface area (Å²) >= 11 is 6.05. The Morgan fingerprint density at radius 3 is 2.75 bits per heavy atom. The van der Waals surface area contributed by atoms with Crippen molar-refractivity contribution in [2.75, 3.05) is 34.4 Å². The largest absolute Gasteiger partial charge is 0.497 e. The fourth-order valence-corrected chi connectivity index (χ4v) is 3.97. The molecule has 0 saturated carbocycles. The van der Waals surface area contributed by atoms with Crippen LogP contribution in [0.4, 0.5) is 0 Å². The molecule has 1 aliphatic heterocycles. The third-order valence-corrected chi connectivity index (χ3v) is 5.47. The molecule has 1 fully saturated rings. The highest BCUT2D eigenvalue weighted by Crippen LogP contribution is 2.38. The van der Waals surface area contributed by atoms with Gasteiger partial charge in [-0.05, 0) is 55.3 Å². The quantitative estimate of drug-likeness (QED) is 0.697. The summed E-state index contributed by atoms with van der Waals surface area (Å²) in [5, 5.41) is 0.683. The van der Waals surface area contributed by atoms with Gasteiger partial charge >= 0.3 is 0 Å². The molecule has 0 unspecified atom stereocenters. The summed E-state index contributed by atoms with van der Waals surface area (Å²) in [6.07, 6.45) is 2.05. The molecule has 1 saturated heterocycles. The Hall–Kier alpha value is -2.24. The fraction of sp³-hybridized carbons (Fsp3) is 0.409. The van der Waals surface area contributed by atoms with Gasteiger partial charge < -0.3 is 14.4 Å². The number of likely N-dealkylation sites (N-methyl/N-ethyl adjacent to an activating group) is 1. The van der Waals surface area contributed by atoms with E-state index in [2.05, 4.69) is 4.90 Å². The molecule has 150 valence electrons. The summed E-state index contributed by atoms with van der Waals surface area (Å²) in [5.41, 5.74) is 2.10. The number of rotatable bonds is 7. The third-order valence-electron chi connectivity index (χ3n) is 5.23. The topological polar surface area (TPSA) is 42.0 Å². The number of ether oxygens (including phenoxy) is 2. The van der Waals surface area contributed by atoms with Crippen LogP contribution in [0.5, 0.6) is 11.5 Å². The van der Waals surface area contributed by atoms with Gasteiger partial charge in [-0.2, -0.15) is 0 Å². The molecule has 28 heavy (non-hydrogen) atoms. The standard InChI is InChI=1S/C22H27ClN2O3/c1-24(14-16-6-4-7-17(23)12-16)22(26)15-25-11-5-8-20(25)19-13-18(27-2)9-10-21(19)28-3/h4,6-7,9-10,12-13,20H,5,8,11,14-15H2,1-3H3/t20-/m1/s1. The van der Waals surface area contributed by atoms with Gasteiger partial charge in [-0.25, -0.2) is 0 Å². The van der Waals surface area contributed by atoms with Gasteiger partial charge in [-0.3, -0.25) is 9.69 Å². The lowest BCUT2D eigenvalue weighted by Crippen LogP contribution is -2.37. The van der Waals surface area contributed by atoms with Crippen LogP contribution in [0.15, 0.2) is 42.5 Å². The van der Waals surface area contributed by atoms with Crippen LogP contribution in [0, 0.1) is 0 Å². The van der Waals surface area contributed by atoms with Crippen molar-refractivity contribution < 1.29 is 14.3 Å². The Morgan fingerprint density at radius 2 is 2.04 bits per heavy atom. The van der Waals surface area contributed by atoms with Gasteiger partial charge in [-0.1, -0.05) is 23.7 Å². The lowest BCUT2D eigenvalue weighted by molar-refractivity contribution is -0.131. The van der Waals surface area contributed by atoms with E-state index in [0.717, 1.165) is 42.0 Å². The Kier molecular flexibility index (Phi) is 6.81. The molecule has 1 aliphatic rings. The van der Waals surface area contributed by atoms with Crippen molar-refractivity contribution in [3.05, 3.63) is 58.6 Å². The number of nitrogens with zero attached hydrogens (tertiary/aromatic N) is 2. The van der Waals surface area contributed by atoms with Crippen molar-refractivity contribution in [3.8, 4) is 11.5 Å². The number of carbonyl (C=O) groups excluding carboxylic acids is 1. The molecule has 1 heterocycles. The highest BCUT2D eigenvalue weighted by atomic mass is 35.5. The number of halogens is 1. The lowest BCUT2D eigenvalue weighted by Gasteiger charge is -2.28. The van der Waals surface area contributed by atoms with Gasteiger partial charge in [0.15, 0.2) is 0 Å². The van der Waals surface area contributed by atoms with E-state index in [1.807, 2.05) is 49.5 Å². The van der Waals surface area contributed by atoms with Gasteiger partial charge in [-0.15, -0.1) is 0 Å². The van der Waals surface area contributed by atoms with Crippen molar-refractivity contribution in [2.45, 2.75) is 25.4 Å². The SMILES string of the molecule is COc1ccc(OC)c([C@H]2CCCN2CC(=O)N(C)Cc2cccc(Cl)c2)c1. The Labute approximate surface area is 171 Å². The molecule has 1 atom stereocenters. The van der Waals surface area contributed by atoms with Gasteiger partial charge in [0.1, 0.15) is 11.5 Å². The molecular formula is C22H27ClN2O3. The van der Waals surface area contributed by atoms with Gasteiger partial charge in [0.05, 0.1) is 20.8 Å². The van der Waals surface area contributed by atoms with Crippen molar-refractivity contribution in [2.24, 2.45) is 0 Å². The maximum absolute atomic E-state index is 12.8. The fourth-order valence-electron chi connectivity index (χ4n) is 3.76. The normalized spacial score (nSPS) is 16.8. The van der Waals surface area contributed by atoms with Crippen LogP contribution in [-0.2, 0) is 11.3 Å². The van der Waals surface area contributed by atoms with E-state index < -0.39 is 0 Å². The average molecular weight is 403 g/mol. The summed E-state index contributed by atoms with van der Waals surface area (Å²) in [7, 11) is 5.17. The van der Waals surface area contributed by atoms with Crippen LogP contribution < -0.4 is 9.47 Å². The van der Waals surface area contributed by atoms with E-state index in [4.69, 9.17) is 21.1 Å². The van der Waals surface area contributed by atoms with Crippen LogP contribution >= 0.6 is 11.6 Å². The Bertz CT molecular complexity index is 827. The first-order valence-corrected chi connectivity index (χ1v) is 9.84. The van der Waals surface area contributed by atoms with Crippen LogP contribution in [0.1, 0.15) is 30.0 Å². The number of benzene rings is 2. The first kappa shape index (κ1) is 20.5. The van der Waals surface area contributed by atoms with Gasteiger partial charge in [0, 0.05) is 30.2 Å². The predicted octanol–water partition coefficient (Wildman–Crippen LogP) is 4.15. The molecule has 0 radical (unpaired) electrons. The molecule has 5 nitrogen and oxygen atoms in total. The lowest BCUT2D eigenvalue weighted by atomic mass is 10.0.